The van der Waals surface area contributed by atoms with Crippen molar-refractivity contribution in [2.45, 2.75) is 18.3 Å². The van der Waals surface area contributed by atoms with E-state index in [9.17, 15) is 4.79 Å². The van der Waals surface area contributed by atoms with Crippen molar-refractivity contribution in [1.29, 1.82) is 0 Å². The van der Waals surface area contributed by atoms with Gasteiger partial charge in [0.05, 0.1) is 7.11 Å². The van der Waals surface area contributed by atoms with Crippen LogP contribution in [0.4, 0.5) is 0 Å². The number of ether oxygens (including phenoxy) is 1. The van der Waals surface area contributed by atoms with E-state index in [0.29, 0.717) is 24.6 Å². The van der Waals surface area contributed by atoms with E-state index in [4.69, 9.17) is 9.26 Å². The number of hydrogen-bond acceptors (Lipinski definition) is 6. The topological polar surface area (TPSA) is 78.1 Å². The van der Waals surface area contributed by atoms with Gasteiger partial charge >= 0.3 is 5.97 Å². The second kappa shape index (κ2) is 4.41. The number of nitrogens with zero attached hydrogens (tertiary/aromatic N) is 3. The summed E-state index contributed by atoms with van der Waals surface area (Å²) in [6.45, 7) is 0. The van der Waals surface area contributed by atoms with Gasteiger partial charge in [0.25, 0.3) is 0 Å². The van der Waals surface area contributed by atoms with Crippen LogP contribution < -0.4 is 0 Å². The minimum absolute atomic E-state index is 0.314. The van der Waals surface area contributed by atoms with Crippen LogP contribution in [-0.2, 0) is 14.9 Å². The lowest BCUT2D eigenvalue weighted by atomic mass is 10.1. The third-order valence-corrected chi connectivity index (χ3v) is 3.56. The number of carbonyl (C=O) groups excluding carboxylic acids is 1. The third-order valence-electron chi connectivity index (χ3n) is 3.12. The van der Waals surface area contributed by atoms with Gasteiger partial charge in [-0.15, -0.1) is 0 Å². The second-order valence-electron chi connectivity index (χ2n) is 4.39. The maximum atomic E-state index is 11.7. The highest BCUT2D eigenvalue weighted by Crippen LogP contribution is 2.48. The molecule has 1 saturated carbocycles. The van der Waals surface area contributed by atoms with Crippen molar-refractivity contribution in [2.24, 2.45) is 0 Å². The average Bonchev–Trinajstić information content (AvgIpc) is 3.08. The molecule has 2 aromatic rings. The zero-order valence-corrected chi connectivity index (χ0v) is 11.7. The molecule has 0 spiro atoms. The summed E-state index contributed by atoms with van der Waals surface area (Å²) in [5.74, 6) is 0.406. The molecule has 0 aromatic carbocycles. The maximum absolute atomic E-state index is 11.7. The van der Waals surface area contributed by atoms with Gasteiger partial charge in [0.2, 0.25) is 11.7 Å². The molecule has 3 rings (SSSR count). The zero-order chi connectivity index (χ0) is 13.5. The van der Waals surface area contributed by atoms with E-state index in [-0.39, 0.29) is 5.97 Å². The lowest BCUT2D eigenvalue weighted by Gasteiger charge is -2.05. The smallest absolute Gasteiger partial charge is 0.321 e. The lowest BCUT2D eigenvalue weighted by Crippen LogP contribution is -2.22. The van der Waals surface area contributed by atoms with Crippen LogP contribution in [0.25, 0.3) is 11.4 Å². The highest BCUT2D eigenvalue weighted by molar-refractivity contribution is 9.10. The van der Waals surface area contributed by atoms with Crippen LogP contribution in [0.1, 0.15) is 18.7 Å². The van der Waals surface area contributed by atoms with Crippen molar-refractivity contribution in [1.82, 2.24) is 15.1 Å². The van der Waals surface area contributed by atoms with E-state index >= 15 is 0 Å². The van der Waals surface area contributed by atoms with E-state index in [1.54, 1.807) is 12.4 Å². The molecule has 98 valence electrons. The average molecular weight is 324 g/mol. The molecule has 0 saturated heterocycles. The molecule has 2 aromatic heterocycles. The first-order valence-electron chi connectivity index (χ1n) is 5.69. The quantitative estimate of drug-likeness (QED) is 0.805. The molecule has 0 N–H and O–H groups in total. The Morgan fingerprint density at radius 1 is 1.47 bits per heavy atom. The summed E-state index contributed by atoms with van der Waals surface area (Å²) >= 11 is 3.33. The van der Waals surface area contributed by atoms with Crippen molar-refractivity contribution in [3.63, 3.8) is 0 Å². The van der Waals surface area contributed by atoms with Crippen molar-refractivity contribution < 1.29 is 14.1 Å². The van der Waals surface area contributed by atoms with Crippen LogP contribution >= 0.6 is 15.9 Å². The molecular formula is C12H10BrN3O3. The standard InChI is InChI=1S/C12H10BrN3O3/c1-18-11(17)12(2-3-12)10-15-9(16-19-10)7-4-8(13)6-14-5-7/h4-6H,2-3H2,1H3. The highest BCUT2D eigenvalue weighted by atomic mass is 79.9. The van der Waals surface area contributed by atoms with Crippen LogP contribution in [0.15, 0.2) is 27.5 Å². The van der Waals surface area contributed by atoms with Gasteiger partial charge in [0, 0.05) is 22.4 Å². The molecule has 2 heterocycles. The highest BCUT2D eigenvalue weighted by Gasteiger charge is 2.57. The molecule has 1 aliphatic carbocycles. The zero-order valence-electron chi connectivity index (χ0n) is 10.1. The Hall–Kier alpha value is -1.76. The normalized spacial score (nSPS) is 16.1. The van der Waals surface area contributed by atoms with Gasteiger partial charge in [-0.25, -0.2) is 0 Å². The first-order valence-corrected chi connectivity index (χ1v) is 6.48. The summed E-state index contributed by atoms with van der Waals surface area (Å²) in [6.07, 6.45) is 4.66. The number of halogens is 1. The number of carbonyl (C=O) groups is 1. The summed E-state index contributed by atoms with van der Waals surface area (Å²) in [4.78, 5) is 20.1. The number of esters is 1. The minimum Gasteiger partial charge on any atom is -0.468 e. The fourth-order valence-corrected chi connectivity index (χ4v) is 2.26. The third kappa shape index (κ3) is 2.03. The molecule has 1 aliphatic rings. The first kappa shape index (κ1) is 12.3. The number of aromatic nitrogens is 3. The Morgan fingerprint density at radius 2 is 2.26 bits per heavy atom. The molecule has 0 aliphatic heterocycles. The van der Waals surface area contributed by atoms with Crippen LogP contribution in [0, 0.1) is 0 Å². The molecule has 1 fully saturated rings. The molecule has 0 unspecified atom stereocenters. The molecule has 0 amide bonds. The van der Waals surface area contributed by atoms with Gasteiger partial charge in [0.15, 0.2) is 0 Å². The summed E-state index contributed by atoms with van der Waals surface area (Å²) in [6, 6.07) is 1.83. The molecule has 0 bridgehead atoms. The lowest BCUT2D eigenvalue weighted by molar-refractivity contribution is -0.144. The van der Waals surface area contributed by atoms with Crippen molar-refractivity contribution >= 4 is 21.9 Å². The van der Waals surface area contributed by atoms with Crippen molar-refractivity contribution in [3.05, 3.63) is 28.8 Å². The summed E-state index contributed by atoms with van der Waals surface area (Å²) in [7, 11) is 1.36. The van der Waals surface area contributed by atoms with E-state index < -0.39 is 5.41 Å². The molecule has 0 radical (unpaired) electrons. The van der Waals surface area contributed by atoms with Crippen LogP contribution in [-0.4, -0.2) is 28.2 Å². The van der Waals surface area contributed by atoms with E-state index in [0.717, 1.165) is 10.0 Å². The monoisotopic (exact) mass is 323 g/mol. The van der Waals surface area contributed by atoms with Gasteiger partial charge in [0.1, 0.15) is 5.41 Å². The van der Waals surface area contributed by atoms with Crippen molar-refractivity contribution in [3.8, 4) is 11.4 Å². The molecule has 19 heavy (non-hydrogen) atoms. The summed E-state index contributed by atoms with van der Waals surface area (Å²) in [5, 5.41) is 3.90. The van der Waals surface area contributed by atoms with Crippen LogP contribution in [0.2, 0.25) is 0 Å². The van der Waals surface area contributed by atoms with Gasteiger partial charge in [-0.1, -0.05) is 5.16 Å². The Labute approximate surface area is 117 Å². The predicted molar refractivity (Wildman–Crippen MR) is 68.2 cm³/mol. The summed E-state index contributed by atoms with van der Waals surface area (Å²) in [5.41, 5.74) is -0.00978. The maximum Gasteiger partial charge on any atom is 0.321 e. The Morgan fingerprint density at radius 3 is 2.89 bits per heavy atom. The van der Waals surface area contributed by atoms with Gasteiger partial charge in [-0.2, -0.15) is 4.98 Å². The Kier molecular flexibility index (Phi) is 2.85. The van der Waals surface area contributed by atoms with Gasteiger partial charge in [-0.05, 0) is 34.8 Å². The SMILES string of the molecule is COC(=O)C1(c2nc(-c3cncc(Br)c3)no2)CC1. The molecule has 7 heteroatoms. The summed E-state index contributed by atoms with van der Waals surface area (Å²) < 4.78 is 10.8. The minimum atomic E-state index is -0.737. The van der Waals surface area contributed by atoms with E-state index in [2.05, 4.69) is 31.1 Å². The first-order chi connectivity index (χ1) is 9.15. The van der Waals surface area contributed by atoms with E-state index in [1.807, 2.05) is 6.07 Å². The predicted octanol–water partition coefficient (Wildman–Crippen LogP) is 2.10. The van der Waals surface area contributed by atoms with Crippen LogP contribution in [0.5, 0.6) is 0 Å². The molecule has 0 atom stereocenters. The molecular weight excluding hydrogens is 314 g/mol. The second-order valence-corrected chi connectivity index (χ2v) is 5.30. The fourth-order valence-electron chi connectivity index (χ4n) is 1.89. The van der Waals surface area contributed by atoms with Gasteiger partial charge < -0.3 is 9.26 Å². The fraction of sp³-hybridized carbons (Fsp3) is 0.333. The van der Waals surface area contributed by atoms with E-state index in [1.165, 1.54) is 7.11 Å². The number of pyridine rings is 1. The Balaban J connectivity index is 1.94. The number of methoxy groups -OCH3 is 1. The Bertz CT molecular complexity index is 637. The van der Waals surface area contributed by atoms with Crippen LogP contribution in [0.3, 0.4) is 0 Å². The van der Waals surface area contributed by atoms with Gasteiger partial charge in [-0.3, -0.25) is 9.78 Å². The number of hydrogen-bond donors (Lipinski definition) is 0. The largest absolute Gasteiger partial charge is 0.468 e. The number of rotatable bonds is 3. The molecule has 6 nitrogen and oxygen atoms in total. The van der Waals surface area contributed by atoms with Crippen molar-refractivity contribution in [2.75, 3.05) is 7.11 Å².